The predicted octanol–water partition coefficient (Wildman–Crippen LogP) is 5.08. The van der Waals surface area contributed by atoms with Crippen LogP contribution in [0.15, 0.2) is 36.4 Å². The number of carbonyl (C=O) groups is 1. The van der Waals surface area contributed by atoms with Crippen molar-refractivity contribution in [2.24, 2.45) is 0 Å². The topological polar surface area (TPSA) is 38.3 Å². The first-order chi connectivity index (χ1) is 9.76. The van der Waals surface area contributed by atoms with Gasteiger partial charge in [-0.1, -0.05) is 35.9 Å². The van der Waals surface area contributed by atoms with Crippen molar-refractivity contribution in [3.63, 3.8) is 0 Å². The van der Waals surface area contributed by atoms with E-state index in [0.717, 1.165) is 16.3 Å². The molecule has 0 radical (unpaired) electrons. The summed E-state index contributed by atoms with van der Waals surface area (Å²) in [6.45, 7) is 7.44. The van der Waals surface area contributed by atoms with Gasteiger partial charge in [-0.15, -0.1) is 0 Å². The van der Waals surface area contributed by atoms with Gasteiger partial charge < -0.3 is 10.1 Å². The third-order valence-electron chi connectivity index (χ3n) is 3.06. The van der Waals surface area contributed by atoms with E-state index >= 15 is 0 Å². The molecule has 0 heterocycles. The predicted molar refractivity (Wildman–Crippen MR) is 86.7 cm³/mol. The van der Waals surface area contributed by atoms with Crippen molar-refractivity contribution < 1.29 is 9.53 Å². The number of fused-ring (bicyclic) bond motifs is 1. The van der Waals surface area contributed by atoms with Crippen molar-refractivity contribution in [1.82, 2.24) is 5.32 Å². The molecule has 0 spiro atoms. The summed E-state index contributed by atoms with van der Waals surface area (Å²) in [5, 5.41) is 5.63. The summed E-state index contributed by atoms with van der Waals surface area (Å²) in [6, 6.07) is 11.6. The molecule has 0 aliphatic carbocycles. The molecule has 1 unspecified atom stereocenters. The maximum absolute atomic E-state index is 11.9. The molecular weight excluding hydrogens is 286 g/mol. The first-order valence-electron chi connectivity index (χ1n) is 6.94. The Bertz CT molecular complexity index is 661. The second-order valence-corrected chi connectivity index (χ2v) is 6.52. The fraction of sp³-hybridized carbons (Fsp3) is 0.353. The zero-order chi connectivity index (χ0) is 15.6. The summed E-state index contributed by atoms with van der Waals surface area (Å²) in [5.41, 5.74) is 0.462. The molecule has 2 aromatic rings. The van der Waals surface area contributed by atoms with Crippen LogP contribution >= 0.6 is 11.6 Å². The molecule has 1 amide bonds. The summed E-state index contributed by atoms with van der Waals surface area (Å²) >= 11 is 6.17. The van der Waals surface area contributed by atoms with Crippen molar-refractivity contribution >= 4 is 28.5 Å². The quantitative estimate of drug-likeness (QED) is 0.840. The van der Waals surface area contributed by atoms with Crippen LogP contribution in [0.1, 0.15) is 39.3 Å². The number of amides is 1. The van der Waals surface area contributed by atoms with Crippen molar-refractivity contribution in [2.75, 3.05) is 0 Å². The van der Waals surface area contributed by atoms with E-state index in [1.165, 1.54) is 0 Å². The number of carbonyl (C=O) groups excluding carboxylic acids is 1. The third-order valence-corrected chi connectivity index (χ3v) is 3.28. The Morgan fingerprint density at radius 1 is 1.24 bits per heavy atom. The number of alkyl carbamates (subject to hydrolysis) is 1. The lowest BCUT2D eigenvalue weighted by Gasteiger charge is -2.22. The molecule has 0 bridgehead atoms. The Hall–Kier alpha value is -1.74. The molecule has 1 atom stereocenters. The van der Waals surface area contributed by atoms with Crippen molar-refractivity contribution in [1.29, 1.82) is 0 Å². The second-order valence-electron chi connectivity index (χ2n) is 6.08. The third kappa shape index (κ3) is 4.11. The highest BCUT2D eigenvalue weighted by atomic mass is 35.5. The summed E-state index contributed by atoms with van der Waals surface area (Å²) in [4.78, 5) is 11.9. The van der Waals surface area contributed by atoms with Crippen LogP contribution in [0.4, 0.5) is 4.79 Å². The van der Waals surface area contributed by atoms with E-state index < -0.39 is 11.7 Å². The lowest BCUT2D eigenvalue weighted by atomic mass is 10.00. The molecule has 112 valence electrons. The number of hydrogen-bond acceptors (Lipinski definition) is 2. The van der Waals surface area contributed by atoms with Crippen molar-refractivity contribution in [3.8, 4) is 0 Å². The highest BCUT2D eigenvalue weighted by Gasteiger charge is 2.19. The summed E-state index contributed by atoms with van der Waals surface area (Å²) in [6.07, 6.45) is -0.431. The average molecular weight is 306 g/mol. The van der Waals surface area contributed by atoms with E-state index in [4.69, 9.17) is 16.3 Å². The maximum atomic E-state index is 11.9. The molecule has 21 heavy (non-hydrogen) atoms. The van der Waals surface area contributed by atoms with Gasteiger partial charge in [0.25, 0.3) is 0 Å². The number of benzene rings is 2. The fourth-order valence-electron chi connectivity index (χ4n) is 2.22. The fourth-order valence-corrected chi connectivity index (χ4v) is 2.46. The Morgan fingerprint density at radius 3 is 2.57 bits per heavy atom. The van der Waals surface area contributed by atoms with Crippen LogP contribution in [0.2, 0.25) is 5.02 Å². The number of nitrogens with one attached hydrogen (secondary N) is 1. The maximum Gasteiger partial charge on any atom is 0.408 e. The van der Waals surface area contributed by atoms with Crippen LogP contribution in [-0.2, 0) is 4.74 Å². The normalized spacial score (nSPS) is 13.0. The molecule has 0 aliphatic heterocycles. The van der Waals surface area contributed by atoms with Gasteiger partial charge in [0.15, 0.2) is 0 Å². The summed E-state index contributed by atoms with van der Waals surface area (Å²) in [7, 11) is 0. The van der Waals surface area contributed by atoms with Crippen LogP contribution in [0, 0.1) is 0 Å². The number of ether oxygens (including phenoxy) is 1. The molecule has 2 rings (SSSR count). The van der Waals surface area contributed by atoms with E-state index in [2.05, 4.69) is 5.32 Å². The van der Waals surface area contributed by atoms with E-state index in [9.17, 15) is 4.79 Å². The second kappa shape index (κ2) is 5.94. The molecule has 0 saturated carbocycles. The van der Waals surface area contributed by atoms with Gasteiger partial charge in [0, 0.05) is 5.02 Å². The average Bonchev–Trinajstić information content (AvgIpc) is 2.35. The van der Waals surface area contributed by atoms with Gasteiger partial charge in [0.1, 0.15) is 5.60 Å². The van der Waals surface area contributed by atoms with Gasteiger partial charge in [0.2, 0.25) is 0 Å². The van der Waals surface area contributed by atoms with Gasteiger partial charge in [0.05, 0.1) is 6.04 Å². The van der Waals surface area contributed by atoms with E-state index in [-0.39, 0.29) is 6.04 Å². The van der Waals surface area contributed by atoms with E-state index in [1.54, 1.807) is 0 Å². The minimum atomic E-state index is -0.514. The Kier molecular flexibility index (Phi) is 4.43. The Balaban J connectivity index is 2.27. The lowest BCUT2D eigenvalue weighted by molar-refractivity contribution is 0.0508. The standard InChI is InChI=1S/C17H20ClNO2/c1-11(19-16(20)21-17(2,3)4)15-10-13(18)9-12-7-5-6-8-14(12)15/h5-11H,1-4H3,(H,19,20). The van der Waals surface area contributed by atoms with Gasteiger partial charge in [-0.2, -0.15) is 0 Å². The molecule has 4 heteroatoms. The minimum Gasteiger partial charge on any atom is -0.444 e. The number of hydrogen-bond donors (Lipinski definition) is 1. The number of halogens is 1. The largest absolute Gasteiger partial charge is 0.444 e. The molecule has 0 aliphatic rings. The van der Waals surface area contributed by atoms with Gasteiger partial charge in [-0.25, -0.2) is 4.79 Å². The molecule has 0 fully saturated rings. The Labute approximate surface area is 130 Å². The van der Waals surface area contributed by atoms with Crippen molar-refractivity contribution in [3.05, 3.63) is 47.0 Å². The summed E-state index contributed by atoms with van der Waals surface area (Å²) in [5.74, 6) is 0. The molecule has 2 aromatic carbocycles. The molecule has 1 N–H and O–H groups in total. The highest BCUT2D eigenvalue weighted by Crippen LogP contribution is 2.28. The van der Waals surface area contributed by atoms with Crippen LogP contribution in [0.25, 0.3) is 10.8 Å². The SMILES string of the molecule is CC(NC(=O)OC(C)(C)C)c1cc(Cl)cc2ccccc12. The lowest BCUT2D eigenvalue weighted by Crippen LogP contribution is -2.34. The summed E-state index contributed by atoms with van der Waals surface area (Å²) < 4.78 is 5.29. The van der Waals surface area contributed by atoms with Crippen LogP contribution in [0.3, 0.4) is 0 Å². The monoisotopic (exact) mass is 305 g/mol. The zero-order valence-corrected chi connectivity index (χ0v) is 13.5. The zero-order valence-electron chi connectivity index (χ0n) is 12.7. The first-order valence-corrected chi connectivity index (χ1v) is 7.32. The highest BCUT2D eigenvalue weighted by molar-refractivity contribution is 6.31. The Morgan fingerprint density at radius 2 is 1.90 bits per heavy atom. The van der Waals surface area contributed by atoms with Gasteiger partial charge in [-0.3, -0.25) is 0 Å². The van der Waals surface area contributed by atoms with E-state index in [0.29, 0.717) is 5.02 Å². The minimum absolute atomic E-state index is 0.191. The van der Waals surface area contributed by atoms with Crippen LogP contribution in [-0.4, -0.2) is 11.7 Å². The van der Waals surface area contributed by atoms with Gasteiger partial charge >= 0.3 is 6.09 Å². The molecule has 0 saturated heterocycles. The smallest absolute Gasteiger partial charge is 0.408 e. The number of rotatable bonds is 2. The van der Waals surface area contributed by atoms with Crippen LogP contribution < -0.4 is 5.32 Å². The first kappa shape index (κ1) is 15.6. The van der Waals surface area contributed by atoms with Gasteiger partial charge in [-0.05, 0) is 56.2 Å². The molecule has 0 aromatic heterocycles. The molecular formula is C17H20ClNO2. The van der Waals surface area contributed by atoms with Crippen LogP contribution in [0.5, 0.6) is 0 Å². The van der Waals surface area contributed by atoms with Crippen molar-refractivity contribution in [2.45, 2.75) is 39.3 Å². The van der Waals surface area contributed by atoms with E-state index in [1.807, 2.05) is 64.1 Å². The molecule has 3 nitrogen and oxygen atoms in total.